The molecule has 1 unspecified atom stereocenters. The first-order chi connectivity index (χ1) is 18.6. The monoisotopic (exact) mass is 532 g/mol. The van der Waals surface area contributed by atoms with E-state index in [0.717, 1.165) is 11.1 Å². The Balaban J connectivity index is 1.65. The number of hydrogen-bond donors (Lipinski definition) is 1. The van der Waals surface area contributed by atoms with E-state index in [1.807, 2.05) is 72.8 Å². The van der Waals surface area contributed by atoms with Crippen molar-refractivity contribution in [2.45, 2.75) is 57.2 Å². The Labute approximate surface area is 229 Å². The summed E-state index contributed by atoms with van der Waals surface area (Å²) >= 11 is 0. The Hall–Kier alpha value is -3.94. The molecule has 2 aliphatic rings. The van der Waals surface area contributed by atoms with Crippen molar-refractivity contribution < 1.29 is 28.7 Å². The van der Waals surface area contributed by atoms with E-state index in [-0.39, 0.29) is 30.6 Å². The minimum atomic E-state index is -0.990. The molecule has 2 aromatic rings. The topological polar surface area (TPSA) is 102 Å². The van der Waals surface area contributed by atoms with E-state index in [2.05, 4.69) is 5.32 Å². The summed E-state index contributed by atoms with van der Waals surface area (Å²) in [6.45, 7) is 5.75. The molecule has 8 heteroatoms. The van der Waals surface area contributed by atoms with Crippen molar-refractivity contribution in [3.05, 3.63) is 77.9 Å². The largest absolute Gasteiger partial charge is 0.467 e. The van der Waals surface area contributed by atoms with Gasteiger partial charge in [0.25, 0.3) is 0 Å². The number of ether oxygens (including phenoxy) is 2. The predicted molar refractivity (Wildman–Crippen MR) is 146 cm³/mol. The van der Waals surface area contributed by atoms with E-state index in [9.17, 15) is 19.2 Å². The fourth-order valence-electron chi connectivity index (χ4n) is 5.50. The minimum absolute atomic E-state index is 0.0503. The first-order valence-electron chi connectivity index (χ1n) is 13.3. The van der Waals surface area contributed by atoms with Crippen LogP contribution in [0.1, 0.15) is 50.7 Å². The van der Waals surface area contributed by atoms with Crippen molar-refractivity contribution in [3.8, 4) is 0 Å². The Morgan fingerprint density at radius 3 is 2.28 bits per heavy atom. The Morgan fingerprint density at radius 1 is 1.03 bits per heavy atom. The zero-order valence-electron chi connectivity index (χ0n) is 22.8. The van der Waals surface area contributed by atoms with Gasteiger partial charge in [-0.05, 0) is 38.3 Å². The van der Waals surface area contributed by atoms with Crippen molar-refractivity contribution in [1.82, 2.24) is 10.2 Å². The molecular formula is C31H36N2O6. The van der Waals surface area contributed by atoms with Crippen molar-refractivity contribution in [2.75, 3.05) is 13.7 Å². The van der Waals surface area contributed by atoms with E-state index in [4.69, 9.17) is 9.47 Å². The summed E-state index contributed by atoms with van der Waals surface area (Å²) in [5.41, 5.74) is 1.24. The van der Waals surface area contributed by atoms with Crippen LogP contribution in [0.3, 0.4) is 0 Å². The quantitative estimate of drug-likeness (QED) is 0.390. The summed E-state index contributed by atoms with van der Waals surface area (Å²) in [4.78, 5) is 53.8. The molecule has 0 radical (unpaired) electrons. The second-order valence-electron chi connectivity index (χ2n) is 11.0. The molecule has 0 aliphatic carbocycles. The normalized spacial score (nSPS) is 23.7. The molecule has 0 spiro atoms. The van der Waals surface area contributed by atoms with Crippen molar-refractivity contribution in [1.29, 1.82) is 0 Å². The van der Waals surface area contributed by atoms with Gasteiger partial charge in [0.2, 0.25) is 11.8 Å². The van der Waals surface area contributed by atoms with Gasteiger partial charge in [-0.1, -0.05) is 72.8 Å². The molecular weight excluding hydrogens is 496 g/mol. The van der Waals surface area contributed by atoms with Crippen LogP contribution in [0.4, 0.5) is 0 Å². The van der Waals surface area contributed by atoms with E-state index in [1.165, 1.54) is 12.0 Å². The van der Waals surface area contributed by atoms with Crippen LogP contribution < -0.4 is 5.32 Å². The average molecular weight is 533 g/mol. The minimum Gasteiger partial charge on any atom is -0.467 e. The third kappa shape index (κ3) is 6.38. The molecule has 2 saturated heterocycles. The van der Waals surface area contributed by atoms with Crippen molar-refractivity contribution in [2.24, 2.45) is 11.8 Å². The summed E-state index contributed by atoms with van der Waals surface area (Å²) < 4.78 is 10.5. The fraction of sp³-hybridized carbons (Fsp3) is 0.419. The van der Waals surface area contributed by atoms with Gasteiger partial charge in [0.1, 0.15) is 11.6 Å². The molecule has 1 N–H and O–H groups in total. The molecule has 5 atom stereocenters. The second-order valence-corrected chi connectivity index (χ2v) is 11.0. The highest BCUT2D eigenvalue weighted by atomic mass is 16.6. The zero-order chi connectivity index (χ0) is 28.2. The Bertz CT molecular complexity index is 1220. The van der Waals surface area contributed by atoms with Gasteiger partial charge in [-0.3, -0.25) is 14.4 Å². The van der Waals surface area contributed by atoms with Crippen LogP contribution in [0.2, 0.25) is 0 Å². The molecule has 2 heterocycles. The van der Waals surface area contributed by atoms with Crippen LogP contribution in [-0.2, 0) is 28.7 Å². The zero-order valence-corrected chi connectivity index (χ0v) is 22.8. The number of rotatable bonds is 9. The third-order valence-electron chi connectivity index (χ3n) is 7.21. The van der Waals surface area contributed by atoms with Gasteiger partial charge in [0.05, 0.1) is 25.0 Å². The number of β-lactam (4-membered cyclic amide) rings is 1. The SMILES string of the molecule is COC(=O)[C@H](CCC(=O)OC(C)(C)C)N1C(=O)[C@@H](C2C(=O)NC[C@@H]2c2ccccc2)[C@H]1C=Cc1ccccc1. The van der Waals surface area contributed by atoms with E-state index in [1.54, 1.807) is 20.8 Å². The molecule has 39 heavy (non-hydrogen) atoms. The summed E-state index contributed by atoms with van der Waals surface area (Å²) in [6, 6.07) is 17.8. The second kappa shape index (κ2) is 11.8. The lowest BCUT2D eigenvalue weighted by atomic mass is 9.70. The van der Waals surface area contributed by atoms with Gasteiger partial charge in [-0.25, -0.2) is 4.79 Å². The van der Waals surface area contributed by atoms with Crippen LogP contribution in [0.5, 0.6) is 0 Å². The molecule has 8 nitrogen and oxygen atoms in total. The lowest BCUT2D eigenvalue weighted by Gasteiger charge is -2.51. The van der Waals surface area contributed by atoms with Gasteiger partial charge in [0, 0.05) is 18.9 Å². The molecule has 2 aliphatic heterocycles. The number of nitrogens with zero attached hydrogens (tertiary/aromatic N) is 1. The van der Waals surface area contributed by atoms with Gasteiger partial charge >= 0.3 is 11.9 Å². The maximum absolute atomic E-state index is 13.8. The molecule has 0 bridgehead atoms. The van der Waals surface area contributed by atoms with Crippen LogP contribution >= 0.6 is 0 Å². The number of esters is 2. The van der Waals surface area contributed by atoms with Gasteiger partial charge < -0.3 is 19.7 Å². The number of methoxy groups -OCH3 is 1. The number of carbonyl (C=O) groups is 4. The fourth-order valence-corrected chi connectivity index (χ4v) is 5.50. The molecule has 0 saturated carbocycles. The number of likely N-dealkylation sites (tertiary alicyclic amines) is 1. The lowest BCUT2D eigenvalue weighted by molar-refractivity contribution is -0.173. The summed E-state index contributed by atoms with van der Waals surface area (Å²) in [5.74, 6) is -2.99. The molecule has 0 aromatic heterocycles. The summed E-state index contributed by atoms with van der Waals surface area (Å²) in [7, 11) is 1.26. The smallest absolute Gasteiger partial charge is 0.328 e. The number of benzene rings is 2. The Kier molecular flexibility index (Phi) is 8.53. The van der Waals surface area contributed by atoms with Crippen molar-refractivity contribution >= 4 is 29.8 Å². The Morgan fingerprint density at radius 2 is 1.67 bits per heavy atom. The van der Waals surface area contributed by atoms with Gasteiger partial charge in [-0.15, -0.1) is 0 Å². The number of carbonyl (C=O) groups excluding carboxylic acids is 4. The highest BCUT2D eigenvalue weighted by Crippen LogP contribution is 2.44. The number of amides is 2. The molecule has 2 amide bonds. The molecule has 206 valence electrons. The van der Waals surface area contributed by atoms with E-state index in [0.29, 0.717) is 6.54 Å². The van der Waals surface area contributed by atoms with Crippen LogP contribution in [0, 0.1) is 11.8 Å². The number of hydrogen-bond acceptors (Lipinski definition) is 6. The van der Waals surface area contributed by atoms with Gasteiger partial charge in [0.15, 0.2) is 0 Å². The first kappa shape index (κ1) is 28.1. The van der Waals surface area contributed by atoms with Crippen LogP contribution in [-0.4, -0.2) is 60.0 Å². The molecule has 2 aromatic carbocycles. The van der Waals surface area contributed by atoms with E-state index >= 15 is 0 Å². The van der Waals surface area contributed by atoms with Crippen LogP contribution in [0.15, 0.2) is 66.7 Å². The summed E-state index contributed by atoms with van der Waals surface area (Å²) in [5, 5.41) is 2.94. The third-order valence-corrected chi connectivity index (χ3v) is 7.21. The average Bonchev–Trinajstić information content (AvgIpc) is 3.28. The maximum atomic E-state index is 13.8. The predicted octanol–water partition coefficient (Wildman–Crippen LogP) is 3.72. The van der Waals surface area contributed by atoms with Crippen molar-refractivity contribution in [3.63, 3.8) is 0 Å². The first-order valence-corrected chi connectivity index (χ1v) is 13.3. The molecule has 4 rings (SSSR count). The highest BCUT2D eigenvalue weighted by molar-refractivity contribution is 5.97. The standard InChI is InChI=1S/C31H36N2O6/c1-31(2,3)39-25(34)18-17-24(30(37)38-4)33-23(16-15-20-11-7-5-8-12-20)27(29(33)36)26-22(19-32-28(26)35)21-13-9-6-10-14-21/h5-16,22-24,26-27H,17-19H2,1-4H3,(H,32,35)/t22-,23-,24+,26?,27-/m1/s1. The van der Waals surface area contributed by atoms with Crippen LogP contribution in [0.25, 0.3) is 6.08 Å². The number of nitrogens with one attached hydrogen (secondary N) is 1. The maximum Gasteiger partial charge on any atom is 0.328 e. The lowest BCUT2D eigenvalue weighted by Crippen LogP contribution is -2.68. The highest BCUT2D eigenvalue weighted by Gasteiger charge is 2.58. The molecule has 2 fully saturated rings. The van der Waals surface area contributed by atoms with Gasteiger partial charge in [-0.2, -0.15) is 0 Å². The van der Waals surface area contributed by atoms with E-state index < -0.39 is 41.5 Å². The summed E-state index contributed by atoms with van der Waals surface area (Å²) in [6.07, 6.45) is 3.76.